The summed E-state index contributed by atoms with van der Waals surface area (Å²) in [6.45, 7) is 1.67. The fourth-order valence-electron chi connectivity index (χ4n) is 2.48. The molecule has 9 heteroatoms. The molecule has 0 aliphatic carbocycles. The van der Waals surface area contributed by atoms with Crippen LogP contribution in [-0.4, -0.2) is 26.6 Å². The minimum atomic E-state index is -3.79. The van der Waals surface area contributed by atoms with Crippen molar-refractivity contribution in [3.05, 3.63) is 57.8 Å². The van der Waals surface area contributed by atoms with Crippen LogP contribution in [0.25, 0.3) is 0 Å². The van der Waals surface area contributed by atoms with Gasteiger partial charge in [0.15, 0.2) is 0 Å². The van der Waals surface area contributed by atoms with Crippen LogP contribution in [-0.2, 0) is 14.8 Å². The number of halogens is 3. The van der Waals surface area contributed by atoms with Gasteiger partial charge in [0.2, 0.25) is 15.9 Å². The van der Waals surface area contributed by atoms with Gasteiger partial charge in [-0.25, -0.2) is 12.8 Å². The number of sulfonamides is 1. The Morgan fingerprint density at radius 2 is 2.00 bits per heavy atom. The van der Waals surface area contributed by atoms with Gasteiger partial charge in [-0.15, -0.1) is 0 Å². The highest BCUT2D eigenvalue weighted by Gasteiger charge is 2.32. The fraction of sp³-hybridized carbons (Fsp3) is 0.235. The molecule has 2 aromatic carbocycles. The van der Waals surface area contributed by atoms with Gasteiger partial charge in [-0.1, -0.05) is 40.5 Å². The highest BCUT2D eigenvalue weighted by atomic mass is 79.9. The van der Waals surface area contributed by atoms with E-state index in [1.807, 2.05) is 0 Å². The van der Waals surface area contributed by atoms with Gasteiger partial charge in [0.25, 0.3) is 0 Å². The van der Waals surface area contributed by atoms with Crippen molar-refractivity contribution in [3.8, 4) is 0 Å². The molecule has 2 aromatic rings. The Morgan fingerprint density at radius 1 is 1.31 bits per heavy atom. The molecule has 0 aliphatic heterocycles. The van der Waals surface area contributed by atoms with Crippen LogP contribution < -0.4 is 9.62 Å². The predicted octanol–water partition coefficient (Wildman–Crippen LogP) is 4.42. The van der Waals surface area contributed by atoms with Crippen LogP contribution in [0.2, 0.25) is 5.02 Å². The van der Waals surface area contributed by atoms with Crippen molar-refractivity contribution < 1.29 is 17.6 Å². The van der Waals surface area contributed by atoms with Crippen LogP contribution in [0.3, 0.4) is 0 Å². The average Bonchev–Trinajstić information content (AvgIpc) is 2.53. The molecule has 0 aromatic heterocycles. The first-order valence-corrected chi connectivity index (χ1v) is 10.7. The number of carbonyl (C=O) groups is 1. The van der Waals surface area contributed by atoms with Crippen LogP contribution in [0.15, 0.2) is 46.9 Å². The number of hydrogen-bond acceptors (Lipinski definition) is 3. The second kappa shape index (κ2) is 8.37. The second-order valence-corrected chi connectivity index (χ2v) is 8.79. The van der Waals surface area contributed by atoms with Crippen LogP contribution in [0, 0.1) is 5.82 Å². The van der Waals surface area contributed by atoms with Crippen molar-refractivity contribution in [1.29, 1.82) is 0 Å². The Labute approximate surface area is 165 Å². The first kappa shape index (κ1) is 20.7. The smallest absolute Gasteiger partial charge is 0.248 e. The molecule has 0 heterocycles. The Hall–Kier alpha value is -1.64. The summed E-state index contributed by atoms with van der Waals surface area (Å²) in [7, 11) is -3.79. The summed E-state index contributed by atoms with van der Waals surface area (Å²) < 4.78 is 40.2. The Kier molecular flexibility index (Phi) is 6.65. The molecule has 1 N–H and O–H groups in total. The summed E-state index contributed by atoms with van der Waals surface area (Å²) >= 11 is 9.09. The molecule has 0 aliphatic rings. The molecule has 0 spiro atoms. The molecule has 0 radical (unpaired) electrons. The van der Waals surface area contributed by atoms with Crippen LogP contribution in [0.4, 0.5) is 15.8 Å². The zero-order valence-electron chi connectivity index (χ0n) is 14.0. The monoisotopic (exact) mass is 462 g/mol. The van der Waals surface area contributed by atoms with Crippen molar-refractivity contribution in [2.75, 3.05) is 15.9 Å². The van der Waals surface area contributed by atoms with Gasteiger partial charge in [0.05, 0.1) is 17.6 Å². The number of hydrogen-bond donors (Lipinski definition) is 1. The molecule has 0 unspecified atom stereocenters. The Bertz CT molecular complexity index is 924. The van der Waals surface area contributed by atoms with Crippen molar-refractivity contribution in [2.45, 2.75) is 19.4 Å². The van der Waals surface area contributed by atoms with E-state index in [-0.39, 0.29) is 17.8 Å². The van der Waals surface area contributed by atoms with Crippen molar-refractivity contribution in [1.82, 2.24) is 0 Å². The lowest BCUT2D eigenvalue weighted by Crippen LogP contribution is -2.47. The van der Waals surface area contributed by atoms with Crippen molar-refractivity contribution >= 4 is 54.8 Å². The largest absolute Gasteiger partial charge is 0.322 e. The number of nitrogens with one attached hydrogen (secondary N) is 1. The summed E-state index contributed by atoms with van der Waals surface area (Å²) in [5.74, 6) is -1.27. The molecule has 2 rings (SSSR count). The molecule has 5 nitrogen and oxygen atoms in total. The molecule has 140 valence electrons. The van der Waals surface area contributed by atoms with Gasteiger partial charge in [-0.05, 0) is 42.8 Å². The summed E-state index contributed by atoms with van der Waals surface area (Å²) in [4.78, 5) is 12.7. The van der Waals surface area contributed by atoms with Crippen LogP contribution in [0.1, 0.15) is 13.3 Å². The van der Waals surface area contributed by atoms with Gasteiger partial charge >= 0.3 is 0 Å². The predicted molar refractivity (Wildman–Crippen MR) is 106 cm³/mol. The van der Waals surface area contributed by atoms with Gasteiger partial charge < -0.3 is 5.32 Å². The maximum absolute atomic E-state index is 14.0. The number of benzene rings is 2. The van der Waals surface area contributed by atoms with Gasteiger partial charge in [-0.3, -0.25) is 9.10 Å². The zero-order valence-corrected chi connectivity index (χ0v) is 17.2. The third kappa shape index (κ3) is 4.96. The van der Waals surface area contributed by atoms with Crippen molar-refractivity contribution in [2.24, 2.45) is 0 Å². The van der Waals surface area contributed by atoms with E-state index in [4.69, 9.17) is 11.6 Å². The van der Waals surface area contributed by atoms with E-state index < -0.39 is 27.8 Å². The molecular weight excluding hydrogens is 447 g/mol. The SMILES string of the molecule is CC[C@H](C(=O)Nc1ccc(Br)cc1F)N(c1cccc(Cl)c1)S(C)(=O)=O. The normalized spacial score (nSPS) is 12.5. The maximum Gasteiger partial charge on any atom is 0.248 e. The molecule has 1 amide bonds. The number of nitrogens with zero attached hydrogens (tertiary/aromatic N) is 1. The van der Waals surface area contributed by atoms with Gasteiger partial charge in [0, 0.05) is 9.50 Å². The number of anilines is 2. The van der Waals surface area contributed by atoms with E-state index in [0.29, 0.717) is 9.50 Å². The van der Waals surface area contributed by atoms with E-state index in [2.05, 4.69) is 21.2 Å². The van der Waals surface area contributed by atoms with Gasteiger partial charge in [0.1, 0.15) is 11.9 Å². The first-order chi connectivity index (χ1) is 12.1. The van der Waals surface area contributed by atoms with Crippen LogP contribution in [0.5, 0.6) is 0 Å². The third-order valence-corrected chi connectivity index (χ3v) is 5.49. The van der Waals surface area contributed by atoms with Crippen LogP contribution >= 0.6 is 27.5 Å². The molecule has 0 saturated carbocycles. The third-order valence-electron chi connectivity index (χ3n) is 3.58. The molecule has 26 heavy (non-hydrogen) atoms. The highest BCUT2D eigenvalue weighted by Crippen LogP contribution is 2.26. The lowest BCUT2D eigenvalue weighted by atomic mass is 10.1. The van der Waals surface area contributed by atoms with Crippen molar-refractivity contribution in [3.63, 3.8) is 0 Å². The Balaban J connectivity index is 2.40. The number of amides is 1. The summed E-state index contributed by atoms with van der Waals surface area (Å²) in [6.07, 6.45) is 1.19. The first-order valence-electron chi connectivity index (χ1n) is 7.64. The quantitative estimate of drug-likeness (QED) is 0.689. The zero-order chi connectivity index (χ0) is 19.5. The van der Waals surface area contributed by atoms with E-state index in [1.165, 1.54) is 18.2 Å². The highest BCUT2D eigenvalue weighted by molar-refractivity contribution is 9.10. The lowest BCUT2D eigenvalue weighted by molar-refractivity contribution is -0.117. The minimum absolute atomic E-state index is 0.0313. The molecule has 0 bridgehead atoms. The second-order valence-electron chi connectivity index (χ2n) is 5.58. The number of carbonyl (C=O) groups excluding carboxylic acids is 1. The summed E-state index contributed by atoms with van der Waals surface area (Å²) in [6, 6.07) is 9.31. The van der Waals surface area contributed by atoms with Gasteiger partial charge in [-0.2, -0.15) is 0 Å². The summed E-state index contributed by atoms with van der Waals surface area (Å²) in [5.41, 5.74) is 0.231. The van der Waals surface area contributed by atoms with E-state index >= 15 is 0 Å². The summed E-state index contributed by atoms with van der Waals surface area (Å²) in [5, 5.41) is 2.79. The molecule has 0 saturated heterocycles. The van der Waals surface area contributed by atoms with E-state index in [1.54, 1.807) is 31.2 Å². The maximum atomic E-state index is 14.0. The van der Waals surface area contributed by atoms with E-state index in [0.717, 1.165) is 10.6 Å². The number of rotatable bonds is 6. The Morgan fingerprint density at radius 3 is 2.54 bits per heavy atom. The lowest BCUT2D eigenvalue weighted by Gasteiger charge is -2.30. The average molecular weight is 464 g/mol. The molecule has 1 atom stereocenters. The molecular formula is C17H17BrClFN2O3S. The standard InChI is InChI=1S/C17H17BrClFN2O3S/c1-3-16(17(23)21-15-8-7-11(18)9-14(15)20)22(26(2,24)25)13-6-4-5-12(19)10-13/h4-10,16H,3H2,1-2H3,(H,21,23)/t16-/m1/s1. The minimum Gasteiger partial charge on any atom is -0.322 e. The fourth-order valence-corrected chi connectivity index (χ4v) is 4.20. The van der Waals surface area contributed by atoms with E-state index in [9.17, 15) is 17.6 Å². The molecule has 0 fully saturated rings. The topological polar surface area (TPSA) is 66.5 Å².